The van der Waals surface area contributed by atoms with E-state index in [-0.39, 0.29) is 24.8 Å². The second-order valence-corrected chi connectivity index (χ2v) is 6.33. The fourth-order valence-electron chi connectivity index (χ4n) is 2.16. The molecule has 25 heavy (non-hydrogen) atoms. The van der Waals surface area contributed by atoms with Gasteiger partial charge in [-0.3, -0.25) is 9.59 Å². The predicted octanol–water partition coefficient (Wildman–Crippen LogP) is 4.07. The van der Waals surface area contributed by atoms with Gasteiger partial charge >= 0.3 is 0 Å². The Hall–Kier alpha value is -2.41. The van der Waals surface area contributed by atoms with E-state index in [1.165, 1.54) is 6.07 Å². The van der Waals surface area contributed by atoms with E-state index in [2.05, 4.69) is 10.6 Å². The summed E-state index contributed by atoms with van der Waals surface area (Å²) in [5.41, 5.74) is 1.83. The first-order chi connectivity index (χ1) is 12.0. The summed E-state index contributed by atoms with van der Waals surface area (Å²) in [6, 6.07) is 13.5. The van der Waals surface area contributed by atoms with Crippen molar-refractivity contribution in [3.05, 3.63) is 59.7 Å². The van der Waals surface area contributed by atoms with E-state index in [1.807, 2.05) is 13.0 Å². The second-order valence-electron chi connectivity index (χ2n) is 5.30. The molecule has 4 nitrogen and oxygen atoms in total. The largest absolute Gasteiger partial charge is 0.352 e. The van der Waals surface area contributed by atoms with Gasteiger partial charge in [0.05, 0.1) is 5.69 Å². The van der Waals surface area contributed by atoms with Crippen LogP contribution >= 0.6 is 11.8 Å². The number of rotatable bonds is 7. The first-order valence-corrected chi connectivity index (χ1v) is 8.52. The van der Waals surface area contributed by atoms with Gasteiger partial charge in [0.1, 0.15) is 0 Å². The van der Waals surface area contributed by atoms with E-state index in [4.69, 9.17) is 0 Å². The van der Waals surface area contributed by atoms with Gasteiger partial charge in [-0.15, -0.1) is 0 Å². The van der Waals surface area contributed by atoms with E-state index in [9.17, 15) is 18.4 Å². The maximum Gasteiger partial charge on any atom is 0.288 e. The van der Waals surface area contributed by atoms with Crippen molar-refractivity contribution in [3.63, 3.8) is 0 Å². The number of alkyl halides is 2. The molecule has 0 fully saturated rings. The predicted molar refractivity (Wildman–Crippen MR) is 95.1 cm³/mol. The van der Waals surface area contributed by atoms with Crippen LogP contribution in [0.25, 0.3) is 0 Å². The molecule has 0 aliphatic rings. The van der Waals surface area contributed by atoms with E-state index >= 15 is 0 Å². The summed E-state index contributed by atoms with van der Waals surface area (Å²) >= 11 is 0.377. The zero-order chi connectivity index (χ0) is 18.2. The molecule has 2 aromatic carbocycles. The van der Waals surface area contributed by atoms with Gasteiger partial charge in [-0.25, -0.2) is 0 Å². The highest BCUT2D eigenvalue weighted by Gasteiger charge is 2.12. The van der Waals surface area contributed by atoms with E-state index < -0.39 is 5.76 Å². The number of carbonyl (C=O) groups is 2. The van der Waals surface area contributed by atoms with Crippen LogP contribution in [0.2, 0.25) is 0 Å². The summed E-state index contributed by atoms with van der Waals surface area (Å²) in [7, 11) is 0. The summed E-state index contributed by atoms with van der Waals surface area (Å²) in [4.78, 5) is 24.2. The summed E-state index contributed by atoms with van der Waals surface area (Å²) in [6.07, 6.45) is 0.0469. The van der Waals surface area contributed by atoms with Crippen LogP contribution in [0.15, 0.2) is 53.4 Å². The van der Waals surface area contributed by atoms with Crippen molar-refractivity contribution < 1.29 is 18.4 Å². The van der Waals surface area contributed by atoms with Gasteiger partial charge < -0.3 is 10.6 Å². The fraction of sp³-hybridized carbons (Fsp3) is 0.222. The standard InChI is InChI=1S/C18H18F2N2O2S/c1-12-5-4-6-13(11-12)17(24)21-10-9-16(23)22-14-7-2-3-8-15(14)25-18(19)20/h2-8,11,18H,9-10H2,1H3,(H,21,24)(H,22,23). The van der Waals surface area contributed by atoms with Crippen LogP contribution in [0.3, 0.4) is 0 Å². The van der Waals surface area contributed by atoms with E-state index in [0.717, 1.165) is 5.56 Å². The van der Waals surface area contributed by atoms with Crippen molar-refractivity contribution in [1.29, 1.82) is 0 Å². The summed E-state index contributed by atoms with van der Waals surface area (Å²) in [5.74, 6) is -3.18. The van der Waals surface area contributed by atoms with Crippen LogP contribution in [-0.4, -0.2) is 24.1 Å². The van der Waals surface area contributed by atoms with Gasteiger partial charge in [-0.1, -0.05) is 41.6 Å². The van der Waals surface area contributed by atoms with Crippen LogP contribution in [0.4, 0.5) is 14.5 Å². The molecule has 0 aromatic heterocycles. The van der Waals surface area contributed by atoms with Gasteiger partial charge in [0.25, 0.3) is 11.7 Å². The minimum atomic E-state index is -2.56. The maximum atomic E-state index is 12.5. The normalized spacial score (nSPS) is 10.6. The summed E-state index contributed by atoms with van der Waals surface area (Å²) in [5, 5.41) is 5.26. The smallest absolute Gasteiger partial charge is 0.288 e. The number of para-hydroxylation sites is 1. The number of benzene rings is 2. The number of carbonyl (C=O) groups excluding carboxylic acids is 2. The Balaban J connectivity index is 1.84. The van der Waals surface area contributed by atoms with E-state index in [1.54, 1.807) is 36.4 Å². The van der Waals surface area contributed by atoms with Crippen LogP contribution in [-0.2, 0) is 4.79 Å². The molecule has 0 aliphatic heterocycles. The summed E-state index contributed by atoms with van der Waals surface area (Å²) in [6.45, 7) is 2.04. The lowest BCUT2D eigenvalue weighted by Crippen LogP contribution is -2.27. The van der Waals surface area contributed by atoms with Gasteiger partial charge in [-0.05, 0) is 31.2 Å². The van der Waals surface area contributed by atoms with Crippen molar-refractivity contribution in [3.8, 4) is 0 Å². The minimum absolute atomic E-state index is 0.0469. The minimum Gasteiger partial charge on any atom is -0.352 e. The first kappa shape index (κ1) is 18.9. The number of amides is 2. The lowest BCUT2D eigenvalue weighted by Gasteiger charge is -2.11. The lowest BCUT2D eigenvalue weighted by atomic mass is 10.1. The molecule has 2 N–H and O–H groups in total. The van der Waals surface area contributed by atoms with E-state index in [0.29, 0.717) is 27.9 Å². The zero-order valence-corrected chi connectivity index (χ0v) is 14.4. The third-order valence-corrected chi connectivity index (χ3v) is 4.08. The quantitative estimate of drug-likeness (QED) is 0.728. The fourth-order valence-corrected chi connectivity index (χ4v) is 2.75. The molecule has 0 spiro atoms. The molecular formula is C18H18F2N2O2S. The number of aryl methyl sites for hydroxylation is 1. The SMILES string of the molecule is Cc1cccc(C(=O)NCCC(=O)Nc2ccccc2SC(F)F)c1. The first-order valence-electron chi connectivity index (χ1n) is 7.64. The van der Waals surface area contributed by atoms with Gasteiger partial charge in [0.2, 0.25) is 5.91 Å². The maximum absolute atomic E-state index is 12.5. The van der Waals surface area contributed by atoms with Crippen LogP contribution in [0, 0.1) is 6.92 Å². The van der Waals surface area contributed by atoms with Crippen LogP contribution in [0.5, 0.6) is 0 Å². The highest BCUT2D eigenvalue weighted by molar-refractivity contribution is 7.99. The molecule has 0 saturated heterocycles. The highest BCUT2D eigenvalue weighted by atomic mass is 32.2. The van der Waals surface area contributed by atoms with Crippen molar-refractivity contribution in [2.75, 3.05) is 11.9 Å². The average Bonchev–Trinajstić information content (AvgIpc) is 2.56. The van der Waals surface area contributed by atoms with Gasteiger partial charge in [0.15, 0.2) is 0 Å². The highest BCUT2D eigenvalue weighted by Crippen LogP contribution is 2.31. The van der Waals surface area contributed by atoms with Crippen molar-refractivity contribution in [1.82, 2.24) is 5.32 Å². The second kappa shape index (κ2) is 9.17. The Labute approximate surface area is 149 Å². The van der Waals surface area contributed by atoms with Crippen molar-refractivity contribution in [2.45, 2.75) is 24.0 Å². The van der Waals surface area contributed by atoms with Gasteiger partial charge in [0, 0.05) is 23.4 Å². The molecule has 0 heterocycles. The van der Waals surface area contributed by atoms with Crippen LogP contribution < -0.4 is 10.6 Å². The lowest BCUT2D eigenvalue weighted by molar-refractivity contribution is -0.116. The number of thioether (sulfide) groups is 1. The molecule has 0 unspecified atom stereocenters. The molecule has 0 radical (unpaired) electrons. The zero-order valence-electron chi connectivity index (χ0n) is 13.6. The monoisotopic (exact) mass is 364 g/mol. The molecule has 132 valence electrons. The van der Waals surface area contributed by atoms with Crippen molar-refractivity contribution in [2.24, 2.45) is 0 Å². The van der Waals surface area contributed by atoms with Crippen LogP contribution in [0.1, 0.15) is 22.3 Å². The average molecular weight is 364 g/mol. The number of anilines is 1. The number of hydrogen-bond acceptors (Lipinski definition) is 3. The molecule has 7 heteroatoms. The van der Waals surface area contributed by atoms with Gasteiger partial charge in [-0.2, -0.15) is 8.78 Å². The molecule has 2 amide bonds. The Bertz CT molecular complexity index is 753. The molecule has 0 bridgehead atoms. The third-order valence-electron chi connectivity index (χ3n) is 3.30. The molecular weight excluding hydrogens is 346 g/mol. The Morgan fingerprint density at radius 3 is 2.60 bits per heavy atom. The topological polar surface area (TPSA) is 58.2 Å². The third kappa shape index (κ3) is 6.19. The number of hydrogen-bond donors (Lipinski definition) is 2. The number of halogens is 2. The van der Waals surface area contributed by atoms with Crippen molar-refractivity contribution >= 4 is 29.3 Å². The summed E-state index contributed by atoms with van der Waals surface area (Å²) < 4.78 is 25.0. The molecule has 0 aliphatic carbocycles. The molecule has 0 saturated carbocycles. The Morgan fingerprint density at radius 1 is 1.12 bits per heavy atom. The number of nitrogens with one attached hydrogen (secondary N) is 2. The molecule has 2 aromatic rings. The molecule has 0 atom stereocenters. The Kier molecular flexibility index (Phi) is 6.94. The molecule has 2 rings (SSSR count). The Morgan fingerprint density at radius 2 is 1.88 bits per heavy atom.